The smallest absolute Gasteiger partial charge is 0.223 e. The summed E-state index contributed by atoms with van der Waals surface area (Å²) in [7, 11) is 0. The van der Waals surface area contributed by atoms with Gasteiger partial charge in [0.1, 0.15) is 0 Å². The molecular weight excluding hydrogens is 300 g/mol. The van der Waals surface area contributed by atoms with Gasteiger partial charge in [-0.05, 0) is 31.4 Å². The summed E-state index contributed by atoms with van der Waals surface area (Å²) in [6.07, 6.45) is 5.90. The minimum absolute atomic E-state index is 0.0314. The molecule has 2 aliphatic heterocycles. The minimum atomic E-state index is -0.726. The van der Waals surface area contributed by atoms with Gasteiger partial charge in [0, 0.05) is 30.8 Å². The first-order chi connectivity index (χ1) is 11.6. The number of β-amino-alcohol motifs (C(OH)–C–C–N with tert-alkyl or cyclic N) is 1. The third kappa shape index (κ3) is 2.66. The van der Waals surface area contributed by atoms with Crippen LogP contribution in [0.4, 0.5) is 0 Å². The highest BCUT2D eigenvalue weighted by atomic mass is 16.3. The van der Waals surface area contributed by atoms with Gasteiger partial charge in [-0.3, -0.25) is 4.79 Å². The second-order valence-electron chi connectivity index (χ2n) is 8.03. The molecule has 3 fully saturated rings. The van der Waals surface area contributed by atoms with Gasteiger partial charge < -0.3 is 15.3 Å². The molecule has 4 heteroatoms. The molecule has 1 aromatic carbocycles. The number of carbonyl (C=O) groups excluding carboxylic acids is 1. The summed E-state index contributed by atoms with van der Waals surface area (Å²) < 4.78 is 0. The van der Waals surface area contributed by atoms with Crippen LogP contribution in [0.25, 0.3) is 0 Å². The van der Waals surface area contributed by atoms with Gasteiger partial charge in [0.2, 0.25) is 5.91 Å². The Kier molecular flexibility index (Phi) is 4.13. The average Bonchev–Trinajstić information content (AvgIpc) is 3.20. The van der Waals surface area contributed by atoms with Crippen LogP contribution >= 0.6 is 0 Å². The Bertz CT molecular complexity index is 597. The van der Waals surface area contributed by atoms with Crippen LogP contribution in [0.2, 0.25) is 0 Å². The van der Waals surface area contributed by atoms with Crippen molar-refractivity contribution in [2.45, 2.75) is 50.0 Å². The molecule has 2 unspecified atom stereocenters. The molecule has 1 spiro atoms. The number of hydrogen-bond donors (Lipinski definition) is 2. The van der Waals surface area contributed by atoms with Crippen LogP contribution in [0.3, 0.4) is 0 Å². The van der Waals surface area contributed by atoms with Crippen LogP contribution in [0.1, 0.15) is 50.0 Å². The van der Waals surface area contributed by atoms with Crippen molar-refractivity contribution in [3.05, 3.63) is 35.9 Å². The predicted octanol–water partition coefficient (Wildman–Crippen LogP) is 2.29. The van der Waals surface area contributed by atoms with Gasteiger partial charge >= 0.3 is 0 Å². The number of nitrogens with one attached hydrogen (secondary N) is 1. The number of rotatable bonds is 3. The molecule has 24 heavy (non-hydrogen) atoms. The van der Waals surface area contributed by atoms with Crippen LogP contribution in [0.15, 0.2) is 30.3 Å². The first-order valence-corrected chi connectivity index (χ1v) is 9.38. The number of amides is 1. The Morgan fingerprint density at radius 1 is 1.17 bits per heavy atom. The Morgan fingerprint density at radius 3 is 2.67 bits per heavy atom. The maximum atomic E-state index is 12.6. The number of benzene rings is 1. The number of nitrogens with zero attached hydrogens (tertiary/aromatic N) is 1. The van der Waals surface area contributed by atoms with E-state index < -0.39 is 5.60 Å². The monoisotopic (exact) mass is 328 g/mol. The summed E-state index contributed by atoms with van der Waals surface area (Å²) in [6.45, 7) is 3.00. The van der Waals surface area contributed by atoms with E-state index in [0.29, 0.717) is 13.0 Å². The molecule has 1 aliphatic carbocycles. The average molecular weight is 328 g/mol. The van der Waals surface area contributed by atoms with Crippen LogP contribution in [0, 0.1) is 5.41 Å². The van der Waals surface area contributed by atoms with E-state index in [1.807, 2.05) is 23.1 Å². The zero-order valence-electron chi connectivity index (χ0n) is 14.3. The molecule has 1 amide bonds. The first kappa shape index (κ1) is 16.1. The van der Waals surface area contributed by atoms with Crippen molar-refractivity contribution in [3.8, 4) is 0 Å². The molecule has 0 radical (unpaired) electrons. The fraction of sp³-hybridized carbons (Fsp3) is 0.650. The van der Waals surface area contributed by atoms with Gasteiger partial charge in [0.05, 0.1) is 12.1 Å². The number of aliphatic hydroxyl groups is 1. The summed E-state index contributed by atoms with van der Waals surface area (Å²) in [6, 6.07) is 10.3. The lowest BCUT2D eigenvalue weighted by Crippen LogP contribution is -2.62. The van der Waals surface area contributed by atoms with Crippen molar-refractivity contribution in [2.24, 2.45) is 5.41 Å². The zero-order chi connectivity index (χ0) is 16.6. The maximum absolute atomic E-state index is 12.6. The molecule has 2 saturated heterocycles. The van der Waals surface area contributed by atoms with Crippen LogP contribution in [-0.4, -0.2) is 47.7 Å². The lowest BCUT2D eigenvalue weighted by atomic mass is 9.66. The Balaban J connectivity index is 1.51. The lowest BCUT2D eigenvalue weighted by Gasteiger charge is -2.50. The molecule has 130 valence electrons. The Morgan fingerprint density at radius 2 is 1.92 bits per heavy atom. The van der Waals surface area contributed by atoms with E-state index in [2.05, 4.69) is 17.4 Å². The van der Waals surface area contributed by atoms with E-state index in [1.165, 1.54) is 18.4 Å². The van der Waals surface area contributed by atoms with Crippen molar-refractivity contribution in [3.63, 3.8) is 0 Å². The SMILES string of the molecule is O=C1CC(c2ccccc2)CN1CC1(O)CCNCC12CCCC2. The van der Waals surface area contributed by atoms with Crippen LogP contribution in [-0.2, 0) is 4.79 Å². The minimum Gasteiger partial charge on any atom is -0.387 e. The molecule has 0 aromatic heterocycles. The van der Waals surface area contributed by atoms with Crippen molar-refractivity contribution >= 4 is 5.91 Å². The van der Waals surface area contributed by atoms with E-state index in [4.69, 9.17) is 0 Å². The van der Waals surface area contributed by atoms with Crippen LogP contribution < -0.4 is 5.32 Å². The van der Waals surface area contributed by atoms with Gasteiger partial charge in [-0.15, -0.1) is 0 Å². The molecule has 3 aliphatic rings. The quantitative estimate of drug-likeness (QED) is 0.895. The Labute approximate surface area is 144 Å². The summed E-state index contributed by atoms with van der Waals surface area (Å²) in [5.74, 6) is 0.465. The topological polar surface area (TPSA) is 52.6 Å². The van der Waals surface area contributed by atoms with E-state index in [9.17, 15) is 9.90 Å². The van der Waals surface area contributed by atoms with E-state index in [0.717, 1.165) is 38.9 Å². The zero-order valence-corrected chi connectivity index (χ0v) is 14.3. The van der Waals surface area contributed by atoms with Crippen LogP contribution in [0.5, 0.6) is 0 Å². The van der Waals surface area contributed by atoms with Gasteiger partial charge in [-0.25, -0.2) is 0 Å². The molecule has 2 atom stereocenters. The van der Waals surface area contributed by atoms with Crippen molar-refractivity contribution in [1.29, 1.82) is 0 Å². The second kappa shape index (κ2) is 6.16. The molecule has 1 saturated carbocycles. The normalized spacial score (nSPS) is 32.6. The summed E-state index contributed by atoms with van der Waals surface area (Å²) in [5.41, 5.74) is 0.480. The fourth-order valence-electron chi connectivity index (χ4n) is 5.18. The predicted molar refractivity (Wildman–Crippen MR) is 93.7 cm³/mol. The van der Waals surface area contributed by atoms with E-state index in [1.54, 1.807) is 0 Å². The van der Waals surface area contributed by atoms with E-state index >= 15 is 0 Å². The molecule has 0 bridgehead atoms. The third-order valence-electron chi connectivity index (χ3n) is 6.66. The number of hydrogen-bond acceptors (Lipinski definition) is 3. The summed E-state index contributed by atoms with van der Waals surface area (Å²) >= 11 is 0. The van der Waals surface area contributed by atoms with Gasteiger partial charge in [-0.1, -0.05) is 43.2 Å². The molecule has 1 aromatic rings. The molecule has 4 nitrogen and oxygen atoms in total. The highest BCUT2D eigenvalue weighted by Crippen LogP contribution is 2.50. The van der Waals surface area contributed by atoms with Crippen molar-refractivity contribution in [2.75, 3.05) is 26.2 Å². The van der Waals surface area contributed by atoms with Crippen molar-refractivity contribution < 1.29 is 9.90 Å². The number of carbonyl (C=O) groups is 1. The lowest BCUT2D eigenvalue weighted by molar-refractivity contribution is -0.143. The van der Waals surface area contributed by atoms with Gasteiger partial charge in [0.25, 0.3) is 0 Å². The third-order valence-corrected chi connectivity index (χ3v) is 6.66. The molecular formula is C20H28N2O2. The van der Waals surface area contributed by atoms with Gasteiger partial charge in [0.15, 0.2) is 0 Å². The number of piperidine rings is 1. The highest BCUT2D eigenvalue weighted by molar-refractivity contribution is 5.80. The highest BCUT2D eigenvalue weighted by Gasteiger charge is 2.54. The Hall–Kier alpha value is -1.39. The standard InChI is InChI=1S/C20H28N2O2/c23-18-12-17(16-6-2-1-3-7-16)13-22(18)15-20(24)10-11-21-14-19(20)8-4-5-9-19/h1-3,6-7,17,21,24H,4-5,8-15H2. The number of likely N-dealkylation sites (tertiary alicyclic amines) is 1. The molecule has 2 heterocycles. The first-order valence-electron chi connectivity index (χ1n) is 9.38. The van der Waals surface area contributed by atoms with Gasteiger partial charge in [-0.2, -0.15) is 0 Å². The maximum Gasteiger partial charge on any atom is 0.223 e. The summed E-state index contributed by atoms with van der Waals surface area (Å²) in [5, 5.41) is 15.0. The summed E-state index contributed by atoms with van der Waals surface area (Å²) in [4.78, 5) is 14.5. The van der Waals surface area contributed by atoms with Crippen molar-refractivity contribution in [1.82, 2.24) is 10.2 Å². The fourth-order valence-corrected chi connectivity index (χ4v) is 5.18. The van der Waals surface area contributed by atoms with E-state index in [-0.39, 0.29) is 17.2 Å². The molecule has 2 N–H and O–H groups in total. The second-order valence-corrected chi connectivity index (χ2v) is 8.03. The largest absolute Gasteiger partial charge is 0.387 e. The molecule has 4 rings (SSSR count).